The van der Waals surface area contributed by atoms with E-state index in [2.05, 4.69) is 0 Å². The lowest BCUT2D eigenvalue weighted by Gasteiger charge is -2.04. The van der Waals surface area contributed by atoms with E-state index in [1.807, 2.05) is 0 Å². The van der Waals surface area contributed by atoms with Gasteiger partial charge in [0.1, 0.15) is 0 Å². The molecule has 0 radical (unpaired) electrons. The summed E-state index contributed by atoms with van der Waals surface area (Å²) >= 11 is 0. The fourth-order valence-corrected chi connectivity index (χ4v) is 2.36. The maximum atomic E-state index is 13.5. The summed E-state index contributed by atoms with van der Waals surface area (Å²) in [7, 11) is -3.29. The van der Waals surface area contributed by atoms with Gasteiger partial charge < -0.3 is 0 Å². The smallest absolute Gasteiger partial charge is 0.258 e. The maximum absolute atomic E-state index is 13.5. The van der Waals surface area contributed by atoms with Crippen molar-refractivity contribution in [2.24, 2.45) is 0 Å². The lowest BCUT2D eigenvalue weighted by molar-refractivity contribution is -0.387. The number of nitro groups is 1. The highest BCUT2D eigenvalue weighted by atomic mass is 32.2. The van der Waals surface area contributed by atoms with Crippen molar-refractivity contribution in [3.8, 4) is 11.1 Å². The van der Waals surface area contributed by atoms with Crippen molar-refractivity contribution in [1.82, 2.24) is 0 Å². The molecule has 0 heterocycles. The molecular formula is C13H10FNO4S. The number of nitro benzene ring substituents is 1. The van der Waals surface area contributed by atoms with Crippen molar-refractivity contribution < 1.29 is 17.7 Å². The van der Waals surface area contributed by atoms with Gasteiger partial charge in [0, 0.05) is 12.3 Å². The zero-order chi connectivity index (χ0) is 14.9. The zero-order valence-electron chi connectivity index (χ0n) is 10.4. The Balaban J connectivity index is 2.42. The van der Waals surface area contributed by atoms with Gasteiger partial charge in [0.25, 0.3) is 0 Å². The van der Waals surface area contributed by atoms with Crippen LogP contribution < -0.4 is 0 Å². The molecule has 0 unspecified atom stereocenters. The molecule has 0 aliphatic rings. The monoisotopic (exact) mass is 295 g/mol. The molecule has 20 heavy (non-hydrogen) atoms. The molecule has 0 aromatic heterocycles. The number of benzene rings is 2. The molecule has 0 atom stereocenters. The average Bonchev–Trinajstić information content (AvgIpc) is 2.37. The van der Waals surface area contributed by atoms with Gasteiger partial charge >= 0.3 is 5.69 Å². The highest BCUT2D eigenvalue weighted by Gasteiger charge is 2.14. The summed E-state index contributed by atoms with van der Waals surface area (Å²) in [6, 6.07) is 9.40. The van der Waals surface area contributed by atoms with Crippen molar-refractivity contribution in [2.75, 3.05) is 6.26 Å². The van der Waals surface area contributed by atoms with Crippen LogP contribution in [0.1, 0.15) is 0 Å². The summed E-state index contributed by atoms with van der Waals surface area (Å²) in [5.41, 5.74) is 0.417. The van der Waals surface area contributed by atoms with E-state index in [4.69, 9.17) is 0 Å². The lowest BCUT2D eigenvalue weighted by Crippen LogP contribution is -1.96. The third-order valence-electron chi connectivity index (χ3n) is 2.76. The predicted octanol–water partition coefficient (Wildman–Crippen LogP) is 2.80. The molecule has 0 aliphatic carbocycles. The van der Waals surface area contributed by atoms with E-state index >= 15 is 0 Å². The summed E-state index contributed by atoms with van der Waals surface area (Å²) < 4.78 is 36.2. The molecule has 2 aromatic rings. The van der Waals surface area contributed by atoms with Gasteiger partial charge in [-0.05, 0) is 35.4 Å². The van der Waals surface area contributed by atoms with E-state index in [1.165, 1.54) is 30.3 Å². The van der Waals surface area contributed by atoms with Gasteiger partial charge in [0.15, 0.2) is 9.84 Å². The Labute approximate surface area is 114 Å². The summed E-state index contributed by atoms with van der Waals surface area (Å²) in [5, 5.41) is 10.5. The summed E-state index contributed by atoms with van der Waals surface area (Å²) in [6.07, 6.45) is 1.09. The Morgan fingerprint density at radius 1 is 1.05 bits per heavy atom. The number of halogens is 1. The molecule has 0 saturated carbocycles. The van der Waals surface area contributed by atoms with Gasteiger partial charge in [-0.2, -0.15) is 4.39 Å². The number of sulfone groups is 1. The highest BCUT2D eigenvalue weighted by Crippen LogP contribution is 2.26. The van der Waals surface area contributed by atoms with Crippen molar-refractivity contribution in [2.45, 2.75) is 4.90 Å². The minimum atomic E-state index is -3.29. The van der Waals surface area contributed by atoms with E-state index in [0.717, 1.165) is 18.4 Å². The van der Waals surface area contributed by atoms with E-state index in [0.29, 0.717) is 11.1 Å². The topological polar surface area (TPSA) is 77.3 Å². The molecule has 0 amide bonds. The number of hydrogen-bond acceptors (Lipinski definition) is 4. The van der Waals surface area contributed by atoms with Crippen LogP contribution in [0.15, 0.2) is 47.4 Å². The minimum absolute atomic E-state index is 0.156. The van der Waals surface area contributed by atoms with E-state index < -0.39 is 26.3 Å². The van der Waals surface area contributed by atoms with Crippen LogP contribution >= 0.6 is 0 Å². The SMILES string of the molecule is CS(=O)(=O)c1ccc(-c2ccc([N+](=O)[O-])c(F)c2)cc1. The number of hydrogen-bond donors (Lipinski definition) is 0. The van der Waals surface area contributed by atoms with Crippen LogP contribution in [0.2, 0.25) is 0 Å². The molecule has 0 saturated heterocycles. The first-order valence-electron chi connectivity index (χ1n) is 5.53. The Morgan fingerprint density at radius 2 is 1.60 bits per heavy atom. The Morgan fingerprint density at radius 3 is 2.05 bits per heavy atom. The first-order chi connectivity index (χ1) is 9.29. The zero-order valence-corrected chi connectivity index (χ0v) is 11.2. The lowest BCUT2D eigenvalue weighted by atomic mass is 10.1. The standard InChI is InChI=1S/C13H10FNO4S/c1-20(18,19)11-5-2-9(3-6-11)10-4-7-13(15(16)17)12(14)8-10/h2-8H,1H3. The van der Waals surface area contributed by atoms with Gasteiger partial charge in [-0.1, -0.05) is 12.1 Å². The molecule has 2 aromatic carbocycles. The van der Waals surface area contributed by atoms with Gasteiger partial charge in [-0.25, -0.2) is 8.42 Å². The quantitative estimate of drug-likeness (QED) is 0.644. The second-order valence-corrected chi connectivity index (χ2v) is 6.24. The van der Waals surface area contributed by atoms with Crippen molar-refractivity contribution in [3.63, 3.8) is 0 Å². The van der Waals surface area contributed by atoms with Crippen LogP contribution in [0.3, 0.4) is 0 Å². The van der Waals surface area contributed by atoms with Gasteiger partial charge in [-0.3, -0.25) is 10.1 Å². The van der Waals surface area contributed by atoms with Crippen LogP contribution in [-0.2, 0) is 9.84 Å². The fraction of sp³-hybridized carbons (Fsp3) is 0.0769. The third-order valence-corrected chi connectivity index (χ3v) is 3.89. The Kier molecular flexibility index (Phi) is 3.54. The van der Waals surface area contributed by atoms with Crippen LogP contribution in [0.4, 0.5) is 10.1 Å². The Hall–Kier alpha value is -2.28. The van der Waals surface area contributed by atoms with E-state index in [-0.39, 0.29) is 4.90 Å². The molecule has 0 aliphatic heterocycles. The molecule has 0 N–H and O–H groups in total. The highest BCUT2D eigenvalue weighted by molar-refractivity contribution is 7.90. The van der Waals surface area contributed by atoms with E-state index in [9.17, 15) is 22.9 Å². The molecule has 0 bridgehead atoms. The summed E-state index contributed by atoms with van der Waals surface area (Å²) in [5.74, 6) is -0.931. The minimum Gasteiger partial charge on any atom is -0.258 e. The molecule has 5 nitrogen and oxygen atoms in total. The Bertz CT molecular complexity index is 769. The molecule has 0 spiro atoms. The molecular weight excluding hydrogens is 285 g/mol. The van der Waals surface area contributed by atoms with Crippen molar-refractivity contribution >= 4 is 15.5 Å². The second-order valence-electron chi connectivity index (χ2n) is 4.22. The van der Waals surface area contributed by atoms with Gasteiger partial charge in [0.05, 0.1) is 9.82 Å². The van der Waals surface area contributed by atoms with Crippen LogP contribution in [0, 0.1) is 15.9 Å². The molecule has 2 rings (SSSR count). The first kappa shape index (κ1) is 14.1. The number of nitrogens with zero attached hydrogens (tertiary/aromatic N) is 1. The summed E-state index contributed by atoms with van der Waals surface area (Å²) in [6.45, 7) is 0. The molecule has 104 valence electrons. The normalized spacial score (nSPS) is 11.3. The maximum Gasteiger partial charge on any atom is 0.304 e. The first-order valence-corrected chi connectivity index (χ1v) is 7.42. The average molecular weight is 295 g/mol. The fourth-order valence-electron chi connectivity index (χ4n) is 1.73. The van der Waals surface area contributed by atoms with Crippen LogP contribution in [-0.4, -0.2) is 19.6 Å². The third kappa shape index (κ3) is 2.83. The molecule has 7 heteroatoms. The van der Waals surface area contributed by atoms with Crippen molar-refractivity contribution in [1.29, 1.82) is 0 Å². The largest absolute Gasteiger partial charge is 0.304 e. The van der Waals surface area contributed by atoms with Crippen LogP contribution in [0.25, 0.3) is 11.1 Å². The van der Waals surface area contributed by atoms with Gasteiger partial charge in [-0.15, -0.1) is 0 Å². The molecule has 0 fully saturated rings. The number of rotatable bonds is 3. The summed E-state index contributed by atoms with van der Waals surface area (Å²) in [4.78, 5) is 9.88. The van der Waals surface area contributed by atoms with E-state index in [1.54, 1.807) is 0 Å². The van der Waals surface area contributed by atoms with Crippen molar-refractivity contribution in [3.05, 3.63) is 58.4 Å². The predicted molar refractivity (Wildman–Crippen MR) is 71.6 cm³/mol. The second kappa shape index (κ2) is 5.01. The van der Waals surface area contributed by atoms with Gasteiger partial charge in [0.2, 0.25) is 5.82 Å². The van der Waals surface area contributed by atoms with Crippen LogP contribution in [0.5, 0.6) is 0 Å².